The summed E-state index contributed by atoms with van der Waals surface area (Å²) in [5.74, 6) is -0.338. The molecule has 0 aliphatic carbocycles. The lowest BCUT2D eigenvalue weighted by molar-refractivity contribution is -0.122. The highest BCUT2D eigenvalue weighted by Crippen LogP contribution is 1.98. The van der Waals surface area contributed by atoms with Crippen LogP contribution in [0.2, 0.25) is 0 Å². The van der Waals surface area contributed by atoms with Crippen LogP contribution < -0.4 is 5.73 Å². The molecule has 0 rings (SSSR count). The lowest BCUT2D eigenvalue weighted by Crippen LogP contribution is -2.42. The van der Waals surface area contributed by atoms with E-state index in [1.165, 1.54) is 0 Å². The van der Waals surface area contributed by atoms with Crippen molar-refractivity contribution in [2.24, 2.45) is 5.73 Å². The van der Waals surface area contributed by atoms with Crippen LogP contribution in [0.25, 0.3) is 0 Å². The first-order chi connectivity index (χ1) is 5.63. The lowest BCUT2D eigenvalue weighted by Gasteiger charge is -2.23. The van der Waals surface area contributed by atoms with Gasteiger partial charge < -0.3 is 5.73 Å². The van der Waals surface area contributed by atoms with Gasteiger partial charge in [-0.25, -0.2) is 0 Å². The third-order valence-corrected chi connectivity index (χ3v) is 1.88. The van der Waals surface area contributed by atoms with E-state index in [4.69, 9.17) is 11.0 Å². The van der Waals surface area contributed by atoms with Crippen LogP contribution in [0.1, 0.15) is 20.3 Å². The summed E-state index contributed by atoms with van der Waals surface area (Å²) in [4.78, 5) is 12.6. The number of primary amides is 1. The van der Waals surface area contributed by atoms with E-state index in [9.17, 15) is 4.79 Å². The van der Waals surface area contributed by atoms with Crippen molar-refractivity contribution in [2.45, 2.75) is 26.3 Å². The molecule has 68 valence electrons. The van der Waals surface area contributed by atoms with Gasteiger partial charge in [0.1, 0.15) is 0 Å². The van der Waals surface area contributed by atoms with E-state index in [1.807, 2.05) is 17.9 Å². The van der Waals surface area contributed by atoms with Crippen LogP contribution in [0.3, 0.4) is 0 Å². The topological polar surface area (TPSA) is 70.1 Å². The number of rotatable bonds is 5. The molecule has 0 spiro atoms. The Morgan fingerprint density at radius 2 is 2.33 bits per heavy atom. The van der Waals surface area contributed by atoms with Crippen molar-refractivity contribution in [3.05, 3.63) is 0 Å². The number of carbonyl (C=O) groups is 1. The summed E-state index contributed by atoms with van der Waals surface area (Å²) in [5.41, 5.74) is 5.12. The number of carbonyl (C=O) groups excluding carboxylic acids is 1. The Morgan fingerprint density at radius 3 is 2.67 bits per heavy atom. The fourth-order valence-electron chi connectivity index (χ4n) is 0.999. The third-order valence-electron chi connectivity index (χ3n) is 1.88. The number of nitrogens with two attached hydrogens (primary N) is 1. The van der Waals surface area contributed by atoms with E-state index in [-0.39, 0.29) is 11.9 Å². The third kappa shape index (κ3) is 3.35. The molecule has 0 aromatic rings. The minimum atomic E-state index is -0.338. The molecule has 0 heterocycles. The van der Waals surface area contributed by atoms with Crippen LogP contribution in [0.5, 0.6) is 0 Å². The van der Waals surface area contributed by atoms with Crippen LogP contribution in [0, 0.1) is 11.3 Å². The van der Waals surface area contributed by atoms with Crippen molar-refractivity contribution in [1.29, 1.82) is 5.26 Å². The Balaban J connectivity index is 3.97. The molecule has 0 aliphatic heterocycles. The summed E-state index contributed by atoms with van der Waals surface area (Å²) in [5, 5.41) is 8.34. The molecule has 0 fully saturated rings. The van der Waals surface area contributed by atoms with Gasteiger partial charge in [0.2, 0.25) is 5.91 Å². The van der Waals surface area contributed by atoms with Gasteiger partial charge in [-0.1, -0.05) is 6.92 Å². The van der Waals surface area contributed by atoms with Gasteiger partial charge in [0.15, 0.2) is 0 Å². The molecule has 1 amide bonds. The molecular formula is C8H15N3O. The van der Waals surface area contributed by atoms with Gasteiger partial charge in [-0.2, -0.15) is 5.26 Å². The Labute approximate surface area is 72.9 Å². The second-order valence-corrected chi connectivity index (χ2v) is 2.62. The van der Waals surface area contributed by atoms with Crippen LogP contribution in [-0.2, 0) is 4.79 Å². The maximum atomic E-state index is 10.8. The van der Waals surface area contributed by atoms with E-state index in [1.54, 1.807) is 6.92 Å². The molecule has 0 bridgehead atoms. The van der Waals surface area contributed by atoms with Crippen LogP contribution in [0.4, 0.5) is 0 Å². The van der Waals surface area contributed by atoms with E-state index in [0.717, 1.165) is 6.54 Å². The quantitative estimate of drug-likeness (QED) is 0.634. The molecule has 1 atom stereocenters. The minimum absolute atomic E-state index is 0.275. The van der Waals surface area contributed by atoms with Crippen molar-refractivity contribution in [2.75, 3.05) is 13.1 Å². The molecular weight excluding hydrogens is 154 g/mol. The smallest absolute Gasteiger partial charge is 0.234 e. The standard InChI is InChI=1S/C8H15N3O/c1-3-11(6-4-5-9)7(2)8(10)12/h7H,3-4,6H2,1-2H3,(H2,10,12). The molecule has 0 aliphatic rings. The zero-order valence-electron chi connectivity index (χ0n) is 7.58. The molecule has 0 aromatic heterocycles. The van der Waals surface area contributed by atoms with Gasteiger partial charge in [-0.05, 0) is 13.5 Å². The highest BCUT2D eigenvalue weighted by atomic mass is 16.1. The predicted octanol–water partition coefficient (Wildman–Crippen LogP) is 0.0958. The van der Waals surface area contributed by atoms with Crippen molar-refractivity contribution >= 4 is 5.91 Å². The van der Waals surface area contributed by atoms with Crippen LogP contribution >= 0.6 is 0 Å². The molecule has 0 saturated carbocycles. The Bertz CT molecular complexity index is 185. The molecule has 0 aromatic carbocycles. The summed E-state index contributed by atoms with van der Waals surface area (Å²) in [6, 6.07) is 1.76. The normalized spacial score (nSPS) is 12.5. The van der Waals surface area contributed by atoms with Gasteiger partial charge in [0.25, 0.3) is 0 Å². The number of hydrogen-bond donors (Lipinski definition) is 1. The first kappa shape index (κ1) is 10.9. The van der Waals surface area contributed by atoms with Crippen molar-refractivity contribution in [3.8, 4) is 6.07 Å². The predicted molar refractivity (Wildman–Crippen MR) is 46.1 cm³/mol. The first-order valence-corrected chi connectivity index (χ1v) is 4.03. The minimum Gasteiger partial charge on any atom is -0.368 e. The summed E-state index contributed by atoms with van der Waals surface area (Å²) < 4.78 is 0. The van der Waals surface area contributed by atoms with Gasteiger partial charge in [0.05, 0.1) is 12.1 Å². The van der Waals surface area contributed by atoms with Gasteiger partial charge in [0, 0.05) is 13.0 Å². The molecule has 12 heavy (non-hydrogen) atoms. The number of nitrogens with zero attached hydrogens (tertiary/aromatic N) is 2. The number of nitriles is 1. The van der Waals surface area contributed by atoms with E-state index >= 15 is 0 Å². The number of hydrogen-bond acceptors (Lipinski definition) is 3. The maximum Gasteiger partial charge on any atom is 0.234 e. The van der Waals surface area contributed by atoms with Gasteiger partial charge >= 0.3 is 0 Å². The Kier molecular flexibility index (Phi) is 5.06. The van der Waals surface area contributed by atoms with E-state index in [0.29, 0.717) is 13.0 Å². The molecule has 0 saturated heterocycles. The SMILES string of the molecule is CCN(CCC#N)C(C)C(N)=O. The summed E-state index contributed by atoms with van der Waals surface area (Å²) in [7, 11) is 0. The summed E-state index contributed by atoms with van der Waals surface area (Å²) in [6.45, 7) is 5.04. The Hall–Kier alpha value is -1.08. The van der Waals surface area contributed by atoms with Crippen molar-refractivity contribution in [1.82, 2.24) is 4.90 Å². The average molecular weight is 169 g/mol. The lowest BCUT2D eigenvalue weighted by atomic mass is 10.2. The molecule has 4 nitrogen and oxygen atoms in total. The van der Waals surface area contributed by atoms with Crippen LogP contribution in [-0.4, -0.2) is 29.9 Å². The number of amides is 1. The van der Waals surface area contributed by atoms with Crippen molar-refractivity contribution in [3.63, 3.8) is 0 Å². The molecule has 0 radical (unpaired) electrons. The van der Waals surface area contributed by atoms with Crippen molar-refractivity contribution < 1.29 is 4.79 Å². The zero-order chi connectivity index (χ0) is 9.56. The Morgan fingerprint density at radius 1 is 1.75 bits per heavy atom. The van der Waals surface area contributed by atoms with Gasteiger partial charge in [-0.3, -0.25) is 9.69 Å². The second kappa shape index (κ2) is 5.56. The summed E-state index contributed by atoms with van der Waals surface area (Å²) in [6.07, 6.45) is 0.436. The second-order valence-electron chi connectivity index (χ2n) is 2.62. The maximum absolute atomic E-state index is 10.8. The fourth-order valence-corrected chi connectivity index (χ4v) is 0.999. The average Bonchev–Trinajstić information content (AvgIpc) is 2.05. The largest absolute Gasteiger partial charge is 0.368 e. The highest BCUT2D eigenvalue weighted by molar-refractivity contribution is 5.79. The summed E-state index contributed by atoms with van der Waals surface area (Å²) >= 11 is 0. The van der Waals surface area contributed by atoms with Crippen LogP contribution in [0.15, 0.2) is 0 Å². The molecule has 1 unspecified atom stereocenters. The monoisotopic (exact) mass is 169 g/mol. The number of likely N-dealkylation sites (N-methyl/N-ethyl adjacent to an activating group) is 1. The molecule has 4 heteroatoms. The zero-order valence-corrected chi connectivity index (χ0v) is 7.58. The highest BCUT2D eigenvalue weighted by Gasteiger charge is 2.15. The van der Waals surface area contributed by atoms with Gasteiger partial charge in [-0.15, -0.1) is 0 Å². The first-order valence-electron chi connectivity index (χ1n) is 4.03. The van der Waals surface area contributed by atoms with E-state index < -0.39 is 0 Å². The molecule has 2 N–H and O–H groups in total. The van der Waals surface area contributed by atoms with E-state index in [2.05, 4.69) is 0 Å². The fraction of sp³-hybridized carbons (Fsp3) is 0.750.